The number of aryl methyl sites for hydroxylation is 1. The molecule has 0 radical (unpaired) electrons. The number of ether oxygens (including phenoxy) is 1. The van der Waals surface area contributed by atoms with E-state index in [4.69, 9.17) is 21.3 Å². The molecule has 0 spiro atoms. The van der Waals surface area contributed by atoms with E-state index in [2.05, 4.69) is 13.8 Å². The number of para-hydroxylation sites is 1. The van der Waals surface area contributed by atoms with Gasteiger partial charge >= 0.3 is 0 Å². The number of pyridine rings is 1. The third kappa shape index (κ3) is 3.83. The van der Waals surface area contributed by atoms with Crippen LogP contribution in [0, 0.1) is 12.8 Å². The molecule has 3 rings (SSSR count). The van der Waals surface area contributed by atoms with Crippen molar-refractivity contribution in [2.45, 2.75) is 20.8 Å². The molecular formula is C21H20ClNO2. The SMILES string of the molecule is Cc1cccc2c(C(=O)Cl)cc(-c3ccc(OCC(C)C)cc3)nc12. The van der Waals surface area contributed by atoms with Gasteiger partial charge in [0, 0.05) is 16.5 Å². The second-order valence-corrected chi connectivity index (χ2v) is 6.87. The van der Waals surface area contributed by atoms with Crippen molar-refractivity contribution in [1.29, 1.82) is 0 Å². The van der Waals surface area contributed by atoms with E-state index in [0.717, 1.165) is 33.5 Å². The molecule has 4 heteroatoms. The molecule has 25 heavy (non-hydrogen) atoms. The standard InChI is InChI=1S/C21H20ClNO2/c1-13(2)12-25-16-9-7-15(8-10-16)19-11-18(21(22)24)17-6-4-5-14(3)20(17)23-19/h4-11,13H,12H2,1-3H3. The van der Waals surface area contributed by atoms with Crippen molar-refractivity contribution in [2.75, 3.05) is 6.61 Å². The number of benzene rings is 2. The average Bonchev–Trinajstić information content (AvgIpc) is 2.60. The second-order valence-electron chi connectivity index (χ2n) is 6.53. The van der Waals surface area contributed by atoms with Gasteiger partial charge in [0.05, 0.1) is 17.8 Å². The van der Waals surface area contributed by atoms with E-state index in [1.165, 1.54) is 0 Å². The summed E-state index contributed by atoms with van der Waals surface area (Å²) in [6.45, 7) is 6.88. The molecule has 0 aliphatic heterocycles. The number of nitrogens with zero attached hydrogens (tertiary/aromatic N) is 1. The van der Waals surface area contributed by atoms with Crippen molar-refractivity contribution in [3.8, 4) is 17.0 Å². The molecule has 2 aromatic carbocycles. The summed E-state index contributed by atoms with van der Waals surface area (Å²) in [4.78, 5) is 16.6. The minimum absolute atomic E-state index is 0.474. The molecule has 1 heterocycles. The predicted octanol–water partition coefficient (Wildman–Crippen LogP) is 5.62. The summed E-state index contributed by atoms with van der Waals surface area (Å²) in [5, 5.41) is 0.303. The van der Waals surface area contributed by atoms with Crippen LogP contribution in [0.3, 0.4) is 0 Å². The van der Waals surface area contributed by atoms with Crippen molar-refractivity contribution < 1.29 is 9.53 Å². The Morgan fingerprint density at radius 3 is 2.52 bits per heavy atom. The lowest BCUT2D eigenvalue weighted by molar-refractivity contribution is 0.108. The molecule has 0 unspecified atom stereocenters. The van der Waals surface area contributed by atoms with Crippen LogP contribution in [0.15, 0.2) is 48.5 Å². The smallest absolute Gasteiger partial charge is 0.253 e. The minimum Gasteiger partial charge on any atom is -0.493 e. The highest BCUT2D eigenvalue weighted by atomic mass is 35.5. The molecule has 0 amide bonds. The zero-order chi connectivity index (χ0) is 18.0. The van der Waals surface area contributed by atoms with E-state index in [9.17, 15) is 4.79 Å². The van der Waals surface area contributed by atoms with E-state index in [1.807, 2.05) is 49.4 Å². The normalized spacial score (nSPS) is 11.1. The van der Waals surface area contributed by atoms with Crippen molar-refractivity contribution in [3.63, 3.8) is 0 Å². The monoisotopic (exact) mass is 353 g/mol. The quantitative estimate of drug-likeness (QED) is 0.558. The molecule has 0 N–H and O–H groups in total. The number of carbonyl (C=O) groups excluding carboxylic acids is 1. The number of hydrogen-bond donors (Lipinski definition) is 0. The molecule has 128 valence electrons. The number of carbonyl (C=O) groups is 1. The minimum atomic E-state index is -0.476. The van der Waals surface area contributed by atoms with Gasteiger partial charge in [0.2, 0.25) is 0 Å². The maximum atomic E-state index is 11.9. The molecule has 0 saturated heterocycles. The van der Waals surface area contributed by atoms with Crippen molar-refractivity contribution in [1.82, 2.24) is 4.98 Å². The molecule has 3 nitrogen and oxygen atoms in total. The Morgan fingerprint density at radius 2 is 1.88 bits per heavy atom. The lowest BCUT2D eigenvalue weighted by atomic mass is 10.0. The molecular weight excluding hydrogens is 334 g/mol. The summed E-state index contributed by atoms with van der Waals surface area (Å²) in [5.41, 5.74) is 3.92. The highest BCUT2D eigenvalue weighted by Crippen LogP contribution is 2.28. The largest absolute Gasteiger partial charge is 0.493 e. The Kier molecular flexibility index (Phi) is 5.05. The number of halogens is 1. The molecule has 0 aliphatic carbocycles. The third-order valence-electron chi connectivity index (χ3n) is 3.99. The van der Waals surface area contributed by atoms with Crippen LogP contribution in [0.2, 0.25) is 0 Å². The molecule has 0 saturated carbocycles. The average molecular weight is 354 g/mol. The lowest BCUT2D eigenvalue weighted by Gasteiger charge is -2.11. The van der Waals surface area contributed by atoms with E-state index < -0.39 is 5.24 Å². The summed E-state index contributed by atoms with van der Waals surface area (Å²) in [5.74, 6) is 1.30. The Balaban J connectivity index is 2.03. The van der Waals surface area contributed by atoms with Crippen LogP contribution in [-0.4, -0.2) is 16.8 Å². The van der Waals surface area contributed by atoms with E-state index >= 15 is 0 Å². The summed E-state index contributed by atoms with van der Waals surface area (Å²) in [6, 6.07) is 15.2. The van der Waals surface area contributed by atoms with Gasteiger partial charge in [-0.05, 0) is 60.3 Å². The van der Waals surface area contributed by atoms with Crippen LogP contribution >= 0.6 is 11.6 Å². The lowest BCUT2D eigenvalue weighted by Crippen LogP contribution is -2.04. The Labute approximate surface area is 152 Å². The van der Waals surface area contributed by atoms with Crippen LogP contribution in [0.25, 0.3) is 22.2 Å². The zero-order valence-electron chi connectivity index (χ0n) is 14.5. The maximum absolute atomic E-state index is 11.9. The fraction of sp³-hybridized carbons (Fsp3) is 0.238. The highest BCUT2D eigenvalue weighted by Gasteiger charge is 2.13. The van der Waals surface area contributed by atoms with Crippen LogP contribution in [-0.2, 0) is 0 Å². The van der Waals surface area contributed by atoms with Crippen molar-refractivity contribution in [3.05, 3.63) is 59.7 Å². The molecule has 0 bridgehead atoms. The van der Waals surface area contributed by atoms with Crippen molar-refractivity contribution in [2.24, 2.45) is 5.92 Å². The Hall–Kier alpha value is -2.39. The molecule has 0 fully saturated rings. The number of rotatable bonds is 5. The summed E-state index contributed by atoms with van der Waals surface area (Å²) < 4.78 is 5.71. The van der Waals surface area contributed by atoms with Crippen LogP contribution in [0.4, 0.5) is 0 Å². The summed E-state index contributed by atoms with van der Waals surface area (Å²) in [7, 11) is 0. The van der Waals surface area contributed by atoms with Crippen molar-refractivity contribution >= 4 is 27.7 Å². The number of fused-ring (bicyclic) bond motifs is 1. The van der Waals surface area contributed by atoms with Gasteiger partial charge in [0.25, 0.3) is 5.24 Å². The van der Waals surface area contributed by atoms with E-state index in [1.54, 1.807) is 6.07 Å². The second kappa shape index (κ2) is 7.24. The van der Waals surface area contributed by atoms with E-state index in [-0.39, 0.29) is 0 Å². The first-order chi connectivity index (χ1) is 12.0. The topological polar surface area (TPSA) is 39.2 Å². The van der Waals surface area contributed by atoms with E-state index in [0.29, 0.717) is 18.1 Å². The predicted molar refractivity (Wildman–Crippen MR) is 102 cm³/mol. The Bertz CT molecular complexity index is 917. The third-order valence-corrected chi connectivity index (χ3v) is 4.19. The molecule has 3 aromatic rings. The molecule has 0 aliphatic rings. The van der Waals surface area contributed by atoms with Gasteiger partial charge in [-0.15, -0.1) is 0 Å². The fourth-order valence-electron chi connectivity index (χ4n) is 2.69. The number of hydrogen-bond acceptors (Lipinski definition) is 3. The van der Waals surface area contributed by atoms with Crippen LogP contribution < -0.4 is 4.74 Å². The van der Waals surface area contributed by atoms with Crippen LogP contribution in [0.5, 0.6) is 5.75 Å². The summed E-state index contributed by atoms with van der Waals surface area (Å²) >= 11 is 5.80. The number of aromatic nitrogens is 1. The first-order valence-electron chi connectivity index (χ1n) is 8.29. The maximum Gasteiger partial charge on any atom is 0.253 e. The van der Waals surface area contributed by atoms with Gasteiger partial charge < -0.3 is 4.74 Å². The molecule has 1 aromatic heterocycles. The van der Waals surface area contributed by atoms with Gasteiger partial charge in [0.15, 0.2) is 0 Å². The van der Waals surface area contributed by atoms with Gasteiger partial charge in [-0.3, -0.25) is 4.79 Å². The van der Waals surface area contributed by atoms with Gasteiger partial charge in [-0.2, -0.15) is 0 Å². The van der Waals surface area contributed by atoms with Gasteiger partial charge in [-0.1, -0.05) is 32.0 Å². The first-order valence-corrected chi connectivity index (χ1v) is 8.67. The highest BCUT2D eigenvalue weighted by molar-refractivity contribution is 6.68. The molecule has 0 atom stereocenters. The van der Waals surface area contributed by atoms with Gasteiger partial charge in [-0.25, -0.2) is 4.98 Å². The Morgan fingerprint density at radius 1 is 1.16 bits per heavy atom. The summed E-state index contributed by atoms with van der Waals surface area (Å²) in [6.07, 6.45) is 0. The van der Waals surface area contributed by atoms with Gasteiger partial charge in [0.1, 0.15) is 5.75 Å². The first kappa shape index (κ1) is 17.4. The van der Waals surface area contributed by atoms with Crippen LogP contribution in [0.1, 0.15) is 29.8 Å². The fourth-order valence-corrected chi connectivity index (χ4v) is 2.84. The zero-order valence-corrected chi connectivity index (χ0v) is 15.3.